The fourth-order valence-electron chi connectivity index (χ4n) is 3.11. The summed E-state index contributed by atoms with van der Waals surface area (Å²) >= 11 is 9.32. The number of hydrogen-bond acceptors (Lipinski definition) is 5. The number of thiazole rings is 2. The van der Waals surface area contributed by atoms with E-state index in [0.717, 1.165) is 38.2 Å². The van der Waals surface area contributed by atoms with Crippen molar-refractivity contribution in [3.05, 3.63) is 82.4 Å². The third kappa shape index (κ3) is 3.87. The van der Waals surface area contributed by atoms with Gasteiger partial charge in [-0.1, -0.05) is 41.9 Å². The monoisotopic (exact) mass is 450 g/mol. The van der Waals surface area contributed by atoms with Gasteiger partial charge < -0.3 is 5.32 Å². The molecule has 5 aromatic rings. The molecule has 0 fully saturated rings. The number of imidazole rings is 1. The Labute approximate surface area is 185 Å². The molecule has 3 aromatic heterocycles. The molecule has 5 rings (SSSR count). The molecule has 5 nitrogen and oxygen atoms in total. The normalized spacial score (nSPS) is 11.1. The van der Waals surface area contributed by atoms with Gasteiger partial charge in [-0.15, -0.1) is 22.7 Å². The van der Waals surface area contributed by atoms with Crippen molar-refractivity contribution in [1.82, 2.24) is 14.4 Å². The van der Waals surface area contributed by atoms with Crippen LogP contribution in [0.1, 0.15) is 5.69 Å². The first-order valence-corrected chi connectivity index (χ1v) is 11.3. The van der Waals surface area contributed by atoms with Crippen LogP contribution in [0.15, 0.2) is 71.7 Å². The first-order valence-electron chi connectivity index (χ1n) is 9.17. The Kier molecular flexibility index (Phi) is 5.08. The molecular formula is C22H15ClN4OS2. The lowest BCUT2D eigenvalue weighted by Crippen LogP contribution is -2.14. The number of anilines is 1. The summed E-state index contributed by atoms with van der Waals surface area (Å²) in [6.07, 6.45) is 4.19. The first kappa shape index (κ1) is 19.0. The lowest BCUT2D eigenvalue weighted by atomic mass is 10.1. The Morgan fingerprint density at radius 1 is 1.07 bits per heavy atom. The summed E-state index contributed by atoms with van der Waals surface area (Å²) in [5, 5.41) is 8.29. The Morgan fingerprint density at radius 3 is 2.70 bits per heavy atom. The van der Waals surface area contributed by atoms with E-state index >= 15 is 0 Å². The molecule has 0 aliphatic carbocycles. The van der Waals surface area contributed by atoms with Crippen molar-refractivity contribution in [2.45, 2.75) is 6.42 Å². The molecular weight excluding hydrogens is 436 g/mol. The van der Waals surface area contributed by atoms with Crippen LogP contribution in [0.3, 0.4) is 0 Å². The average Bonchev–Trinajstić information content (AvgIpc) is 3.45. The Hall–Kier alpha value is -3.00. The molecule has 0 unspecified atom stereocenters. The zero-order valence-electron chi connectivity index (χ0n) is 15.6. The van der Waals surface area contributed by atoms with Gasteiger partial charge in [0.2, 0.25) is 5.91 Å². The standard InChI is InChI=1S/C22H15ClN4OS2/c23-18-4-2-1-3-17(18)21-25-16(13-30-21)11-20(28)24-15-7-5-14(6-8-15)19-12-27-9-10-29-22(27)26-19/h1-10,12-13H,11H2,(H,24,28). The van der Waals surface area contributed by atoms with Gasteiger partial charge in [0, 0.05) is 40.0 Å². The third-order valence-electron chi connectivity index (χ3n) is 4.56. The quantitative estimate of drug-likeness (QED) is 0.356. The SMILES string of the molecule is O=C(Cc1csc(-c2ccccc2Cl)n1)Nc1ccc(-c2cn3ccsc3n2)cc1. The van der Waals surface area contributed by atoms with Crippen molar-refractivity contribution in [3.8, 4) is 21.8 Å². The summed E-state index contributed by atoms with van der Waals surface area (Å²) in [6, 6.07) is 15.3. The van der Waals surface area contributed by atoms with Crippen LogP contribution in [0.4, 0.5) is 5.69 Å². The summed E-state index contributed by atoms with van der Waals surface area (Å²) in [5.74, 6) is -0.110. The maximum Gasteiger partial charge on any atom is 0.230 e. The number of benzene rings is 2. The van der Waals surface area contributed by atoms with Gasteiger partial charge in [0.1, 0.15) is 5.01 Å². The maximum atomic E-state index is 12.4. The Morgan fingerprint density at radius 2 is 1.90 bits per heavy atom. The summed E-state index contributed by atoms with van der Waals surface area (Å²) in [6.45, 7) is 0. The summed E-state index contributed by atoms with van der Waals surface area (Å²) in [7, 11) is 0. The van der Waals surface area contributed by atoms with E-state index in [9.17, 15) is 4.79 Å². The van der Waals surface area contributed by atoms with Crippen LogP contribution in [-0.2, 0) is 11.2 Å². The molecule has 30 heavy (non-hydrogen) atoms. The summed E-state index contributed by atoms with van der Waals surface area (Å²) in [5.41, 5.74) is 4.26. The molecule has 1 N–H and O–H groups in total. The molecule has 0 atom stereocenters. The zero-order valence-corrected chi connectivity index (χ0v) is 18.0. The van der Waals surface area contributed by atoms with E-state index in [1.165, 1.54) is 11.3 Å². The van der Waals surface area contributed by atoms with Gasteiger partial charge in [-0.05, 0) is 18.2 Å². The lowest BCUT2D eigenvalue weighted by Gasteiger charge is -2.05. The molecule has 3 heterocycles. The number of nitrogens with one attached hydrogen (secondary N) is 1. The van der Waals surface area contributed by atoms with Gasteiger partial charge in [0.25, 0.3) is 0 Å². The van der Waals surface area contributed by atoms with Gasteiger partial charge in [0.15, 0.2) is 4.96 Å². The molecule has 148 valence electrons. The number of fused-ring (bicyclic) bond motifs is 1. The van der Waals surface area contributed by atoms with Crippen molar-refractivity contribution in [2.75, 3.05) is 5.32 Å². The maximum absolute atomic E-state index is 12.4. The topological polar surface area (TPSA) is 59.3 Å². The van der Waals surface area contributed by atoms with Crippen LogP contribution in [0.2, 0.25) is 5.02 Å². The minimum absolute atomic E-state index is 0.110. The number of nitrogens with zero attached hydrogens (tertiary/aromatic N) is 3. The smallest absolute Gasteiger partial charge is 0.230 e. The van der Waals surface area contributed by atoms with E-state index in [0.29, 0.717) is 5.02 Å². The number of amides is 1. The fourth-order valence-corrected chi connectivity index (χ4v) is 4.95. The van der Waals surface area contributed by atoms with Crippen LogP contribution in [0.5, 0.6) is 0 Å². The van der Waals surface area contributed by atoms with E-state index < -0.39 is 0 Å². The third-order valence-corrected chi connectivity index (χ3v) is 6.58. The molecule has 0 radical (unpaired) electrons. The molecule has 0 bridgehead atoms. The van der Waals surface area contributed by atoms with Crippen molar-refractivity contribution in [3.63, 3.8) is 0 Å². The van der Waals surface area contributed by atoms with Crippen molar-refractivity contribution in [1.29, 1.82) is 0 Å². The Balaban J connectivity index is 1.25. The van der Waals surface area contributed by atoms with E-state index in [-0.39, 0.29) is 12.3 Å². The Bertz CT molecular complexity index is 1310. The van der Waals surface area contributed by atoms with Gasteiger partial charge in [-0.25, -0.2) is 9.97 Å². The van der Waals surface area contributed by atoms with Crippen LogP contribution >= 0.6 is 34.3 Å². The second kappa shape index (κ2) is 8.02. The van der Waals surface area contributed by atoms with E-state index in [4.69, 9.17) is 11.6 Å². The highest BCUT2D eigenvalue weighted by Gasteiger charge is 2.12. The number of hydrogen-bond donors (Lipinski definition) is 1. The predicted octanol–water partition coefficient (Wildman–Crippen LogP) is 6.02. The van der Waals surface area contributed by atoms with Crippen LogP contribution in [0, 0.1) is 0 Å². The van der Waals surface area contributed by atoms with E-state index in [1.807, 2.05) is 76.1 Å². The molecule has 0 saturated carbocycles. The first-order chi connectivity index (χ1) is 14.7. The predicted molar refractivity (Wildman–Crippen MR) is 123 cm³/mol. The van der Waals surface area contributed by atoms with Crippen LogP contribution < -0.4 is 5.32 Å². The molecule has 2 aromatic carbocycles. The number of aromatic nitrogens is 3. The number of carbonyl (C=O) groups excluding carboxylic acids is 1. The number of halogens is 1. The summed E-state index contributed by atoms with van der Waals surface area (Å²) in [4.78, 5) is 22.6. The zero-order chi connectivity index (χ0) is 20.5. The van der Waals surface area contributed by atoms with Gasteiger partial charge in [0.05, 0.1) is 22.8 Å². The summed E-state index contributed by atoms with van der Waals surface area (Å²) < 4.78 is 2.00. The highest BCUT2D eigenvalue weighted by atomic mass is 35.5. The minimum atomic E-state index is -0.110. The van der Waals surface area contributed by atoms with Crippen molar-refractivity contribution < 1.29 is 4.79 Å². The minimum Gasteiger partial charge on any atom is -0.326 e. The van der Waals surface area contributed by atoms with Gasteiger partial charge in [-0.2, -0.15) is 0 Å². The molecule has 8 heteroatoms. The van der Waals surface area contributed by atoms with Gasteiger partial charge in [-0.3, -0.25) is 9.20 Å². The largest absolute Gasteiger partial charge is 0.326 e. The van der Waals surface area contributed by atoms with Crippen LogP contribution in [-0.4, -0.2) is 20.3 Å². The van der Waals surface area contributed by atoms with Crippen LogP contribution in [0.25, 0.3) is 26.8 Å². The highest BCUT2D eigenvalue weighted by molar-refractivity contribution is 7.15. The lowest BCUT2D eigenvalue weighted by molar-refractivity contribution is -0.115. The fraction of sp³-hybridized carbons (Fsp3) is 0.0455. The van der Waals surface area contributed by atoms with Gasteiger partial charge >= 0.3 is 0 Å². The molecule has 1 amide bonds. The van der Waals surface area contributed by atoms with Crippen molar-refractivity contribution >= 4 is 50.8 Å². The average molecular weight is 451 g/mol. The number of rotatable bonds is 5. The second-order valence-corrected chi connectivity index (χ2v) is 8.78. The molecule has 0 saturated heterocycles. The molecule has 0 spiro atoms. The van der Waals surface area contributed by atoms with E-state index in [1.54, 1.807) is 11.3 Å². The number of carbonyl (C=O) groups is 1. The van der Waals surface area contributed by atoms with Crippen molar-refractivity contribution in [2.24, 2.45) is 0 Å². The molecule has 0 aliphatic heterocycles. The second-order valence-electron chi connectivity index (χ2n) is 6.65. The van der Waals surface area contributed by atoms with E-state index in [2.05, 4.69) is 15.3 Å². The highest BCUT2D eigenvalue weighted by Crippen LogP contribution is 2.30. The molecule has 0 aliphatic rings.